The molecule has 104 valence electrons. The fourth-order valence-electron chi connectivity index (χ4n) is 2.02. The normalized spacial score (nSPS) is 18.4. The average molecular weight is 278 g/mol. The van der Waals surface area contributed by atoms with Crippen molar-refractivity contribution in [3.05, 3.63) is 33.9 Å². The standard InChI is InChI=1S/C11H10F4N2O2/c12-8-5-7(17(18)19)6-9(13)10(8)16-3-1-11(14,15)2-4-16/h5-6H,1-4H2. The maximum Gasteiger partial charge on any atom is 0.275 e. The molecule has 0 amide bonds. The average Bonchev–Trinajstić information content (AvgIpc) is 2.30. The molecule has 8 heteroatoms. The molecule has 0 aliphatic carbocycles. The van der Waals surface area contributed by atoms with Gasteiger partial charge in [0.2, 0.25) is 0 Å². The molecule has 0 N–H and O–H groups in total. The zero-order valence-corrected chi connectivity index (χ0v) is 9.71. The number of nitro benzene ring substituents is 1. The number of hydrogen-bond acceptors (Lipinski definition) is 3. The van der Waals surface area contributed by atoms with E-state index in [0.717, 1.165) is 4.90 Å². The van der Waals surface area contributed by atoms with Gasteiger partial charge in [0.05, 0.1) is 17.1 Å². The van der Waals surface area contributed by atoms with Gasteiger partial charge in [-0.2, -0.15) is 0 Å². The van der Waals surface area contributed by atoms with Crippen LogP contribution >= 0.6 is 0 Å². The van der Waals surface area contributed by atoms with Crippen molar-refractivity contribution in [1.82, 2.24) is 0 Å². The molecular formula is C11H10F4N2O2. The number of hydrogen-bond donors (Lipinski definition) is 0. The number of rotatable bonds is 2. The van der Waals surface area contributed by atoms with Gasteiger partial charge >= 0.3 is 0 Å². The van der Waals surface area contributed by atoms with Crippen LogP contribution in [0.25, 0.3) is 0 Å². The van der Waals surface area contributed by atoms with Crippen molar-refractivity contribution in [3.8, 4) is 0 Å². The van der Waals surface area contributed by atoms with Gasteiger partial charge in [-0.1, -0.05) is 0 Å². The van der Waals surface area contributed by atoms with E-state index >= 15 is 0 Å². The zero-order valence-electron chi connectivity index (χ0n) is 9.71. The number of benzene rings is 1. The molecule has 0 aromatic heterocycles. The van der Waals surface area contributed by atoms with E-state index in [2.05, 4.69) is 0 Å². The van der Waals surface area contributed by atoms with Crippen LogP contribution in [0.5, 0.6) is 0 Å². The summed E-state index contributed by atoms with van der Waals surface area (Å²) in [7, 11) is 0. The second-order valence-electron chi connectivity index (χ2n) is 4.36. The third-order valence-corrected chi connectivity index (χ3v) is 3.02. The first-order chi connectivity index (χ1) is 8.80. The van der Waals surface area contributed by atoms with Crippen LogP contribution in [0.2, 0.25) is 0 Å². The fourth-order valence-corrected chi connectivity index (χ4v) is 2.02. The summed E-state index contributed by atoms with van der Waals surface area (Å²) >= 11 is 0. The molecule has 0 saturated carbocycles. The van der Waals surface area contributed by atoms with E-state index in [9.17, 15) is 27.7 Å². The van der Waals surface area contributed by atoms with Crippen LogP contribution < -0.4 is 4.90 Å². The lowest BCUT2D eigenvalue weighted by Gasteiger charge is -2.33. The Morgan fingerprint density at radius 3 is 2.05 bits per heavy atom. The van der Waals surface area contributed by atoms with Gasteiger partial charge in [0.25, 0.3) is 11.6 Å². The monoisotopic (exact) mass is 278 g/mol. The summed E-state index contributed by atoms with van der Waals surface area (Å²) in [5.41, 5.74) is -1.19. The largest absolute Gasteiger partial charge is 0.366 e. The molecular weight excluding hydrogens is 268 g/mol. The Balaban J connectivity index is 2.29. The van der Waals surface area contributed by atoms with Crippen molar-refractivity contribution in [2.24, 2.45) is 0 Å². The van der Waals surface area contributed by atoms with Crippen LogP contribution in [0.15, 0.2) is 12.1 Å². The third kappa shape index (κ3) is 2.77. The molecule has 1 aromatic carbocycles. The highest BCUT2D eigenvalue weighted by Gasteiger charge is 2.35. The highest BCUT2D eigenvalue weighted by atomic mass is 19.3. The van der Waals surface area contributed by atoms with Crippen LogP contribution in [-0.2, 0) is 0 Å². The minimum atomic E-state index is -2.83. The minimum absolute atomic E-state index is 0.196. The Morgan fingerprint density at radius 2 is 1.63 bits per heavy atom. The van der Waals surface area contributed by atoms with Crippen molar-refractivity contribution < 1.29 is 22.5 Å². The highest BCUT2D eigenvalue weighted by molar-refractivity contribution is 5.54. The molecule has 2 rings (SSSR count). The van der Waals surface area contributed by atoms with Crippen molar-refractivity contribution in [3.63, 3.8) is 0 Å². The van der Waals surface area contributed by atoms with E-state index in [-0.39, 0.29) is 13.1 Å². The van der Waals surface area contributed by atoms with Gasteiger partial charge in [-0.15, -0.1) is 0 Å². The maximum absolute atomic E-state index is 13.7. The van der Waals surface area contributed by atoms with Crippen molar-refractivity contribution >= 4 is 11.4 Å². The number of alkyl halides is 2. The lowest BCUT2D eigenvalue weighted by molar-refractivity contribution is -0.385. The Kier molecular flexibility index (Phi) is 3.34. The summed E-state index contributed by atoms with van der Waals surface area (Å²) in [6, 6.07) is 1.18. The minimum Gasteiger partial charge on any atom is -0.366 e. The smallest absolute Gasteiger partial charge is 0.275 e. The Bertz CT molecular complexity index is 488. The molecule has 0 spiro atoms. The summed E-state index contributed by atoms with van der Waals surface area (Å²) < 4.78 is 53.3. The molecule has 0 bridgehead atoms. The lowest BCUT2D eigenvalue weighted by Crippen LogP contribution is -2.40. The zero-order chi connectivity index (χ0) is 14.2. The van der Waals surface area contributed by atoms with Crippen molar-refractivity contribution in [2.75, 3.05) is 18.0 Å². The number of nitro groups is 1. The number of non-ortho nitro benzene ring substituents is 1. The first kappa shape index (κ1) is 13.6. The molecule has 1 aliphatic heterocycles. The summed E-state index contributed by atoms with van der Waals surface area (Å²) in [6.45, 7) is -0.392. The second-order valence-corrected chi connectivity index (χ2v) is 4.36. The van der Waals surface area contributed by atoms with Crippen LogP contribution in [0.3, 0.4) is 0 Å². The van der Waals surface area contributed by atoms with Gasteiger partial charge in [0.15, 0.2) is 11.6 Å². The van der Waals surface area contributed by atoms with E-state index in [1.807, 2.05) is 0 Å². The number of halogens is 4. The molecule has 1 fully saturated rings. The van der Waals surface area contributed by atoms with Crippen LogP contribution in [0.1, 0.15) is 12.8 Å². The van der Waals surface area contributed by atoms with Gasteiger partial charge in [0.1, 0.15) is 5.69 Å². The Morgan fingerprint density at radius 1 is 1.16 bits per heavy atom. The molecule has 1 aliphatic rings. The first-order valence-electron chi connectivity index (χ1n) is 5.56. The van der Waals surface area contributed by atoms with Gasteiger partial charge in [-0.25, -0.2) is 17.6 Å². The van der Waals surface area contributed by atoms with Crippen molar-refractivity contribution in [1.29, 1.82) is 0 Å². The fraction of sp³-hybridized carbons (Fsp3) is 0.455. The second kappa shape index (κ2) is 4.67. The number of anilines is 1. The van der Waals surface area contributed by atoms with E-state index in [1.54, 1.807) is 0 Å². The predicted octanol–water partition coefficient (Wildman–Crippen LogP) is 3.11. The van der Waals surface area contributed by atoms with E-state index in [4.69, 9.17) is 0 Å². The molecule has 1 heterocycles. The molecule has 0 radical (unpaired) electrons. The Labute approximate surface area is 105 Å². The topological polar surface area (TPSA) is 46.4 Å². The molecule has 1 aromatic rings. The number of piperidine rings is 1. The SMILES string of the molecule is O=[N+]([O-])c1cc(F)c(N2CCC(F)(F)CC2)c(F)c1. The van der Waals surface area contributed by atoms with E-state index < -0.39 is 46.7 Å². The predicted molar refractivity (Wildman–Crippen MR) is 59.4 cm³/mol. The molecule has 1 saturated heterocycles. The van der Waals surface area contributed by atoms with Gasteiger partial charge in [-0.3, -0.25) is 10.1 Å². The van der Waals surface area contributed by atoms with E-state index in [1.165, 1.54) is 0 Å². The Hall–Kier alpha value is -1.86. The van der Waals surface area contributed by atoms with Gasteiger partial charge < -0.3 is 4.90 Å². The third-order valence-electron chi connectivity index (χ3n) is 3.02. The quantitative estimate of drug-likeness (QED) is 0.474. The highest BCUT2D eigenvalue weighted by Crippen LogP contribution is 2.34. The summed E-state index contributed by atoms with van der Waals surface area (Å²) in [5, 5.41) is 10.4. The van der Waals surface area contributed by atoms with Crippen LogP contribution in [-0.4, -0.2) is 23.9 Å². The van der Waals surface area contributed by atoms with Crippen LogP contribution in [0.4, 0.5) is 28.9 Å². The summed E-state index contributed by atoms with van der Waals surface area (Å²) in [5.74, 6) is -5.06. The van der Waals surface area contributed by atoms with Crippen molar-refractivity contribution in [2.45, 2.75) is 18.8 Å². The molecule has 19 heavy (non-hydrogen) atoms. The van der Waals surface area contributed by atoms with Gasteiger partial charge in [-0.05, 0) is 0 Å². The first-order valence-corrected chi connectivity index (χ1v) is 5.56. The van der Waals surface area contributed by atoms with Crippen LogP contribution in [0, 0.1) is 21.7 Å². The molecule has 0 atom stereocenters. The molecule has 4 nitrogen and oxygen atoms in total. The summed E-state index contributed by atoms with van der Waals surface area (Å²) in [4.78, 5) is 10.7. The van der Waals surface area contributed by atoms with Gasteiger partial charge in [0, 0.05) is 25.9 Å². The molecule has 0 unspecified atom stereocenters. The summed E-state index contributed by atoms with van der Waals surface area (Å²) in [6.07, 6.45) is -0.994. The maximum atomic E-state index is 13.7. The lowest BCUT2D eigenvalue weighted by atomic mass is 10.1. The number of nitrogens with zero attached hydrogens (tertiary/aromatic N) is 2. The van der Waals surface area contributed by atoms with E-state index in [0.29, 0.717) is 12.1 Å².